The first-order chi connectivity index (χ1) is 10.7. The molecule has 1 amide bonds. The van der Waals surface area contributed by atoms with E-state index in [1.165, 1.54) is 22.7 Å². The van der Waals surface area contributed by atoms with Crippen LogP contribution in [0.15, 0.2) is 48.5 Å². The molecule has 1 aromatic heterocycles. The average molecular weight is 292 g/mol. The highest BCUT2D eigenvalue weighted by Gasteiger charge is 2.26. The summed E-state index contributed by atoms with van der Waals surface area (Å²) in [6, 6.07) is 14.8. The van der Waals surface area contributed by atoms with Crippen LogP contribution in [0, 0.1) is 0 Å². The van der Waals surface area contributed by atoms with Crippen LogP contribution in [0.5, 0.6) is 5.75 Å². The molecule has 0 saturated heterocycles. The zero-order valence-electron chi connectivity index (χ0n) is 12.0. The lowest BCUT2D eigenvalue weighted by Gasteiger charge is -2.12. The summed E-state index contributed by atoms with van der Waals surface area (Å²) >= 11 is 0. The topological polar surface area (TPSA) is 65.1 Å². The summed E-state index contributed by atoms with van der Waals surface area (Å²) in [5.41, 5.74) is 4.16. The van der Waals surface area contributed by atoms with Crippen molar-refractivity contribution in [1.29, 1.82) is 0 Å². The lowest BCUT2D eigenvalue weighted by Crippen LogP contribution is -2.35. The molecule has 0 fully saturated rings. The van der Waals surface area contributed by atoms with Crippen molar-refractivity contribution >= 4 is 16.8 Å². The van der Waals surface area contributed by atoms with Gasteiger partial charge in [0.15, 0.2) is 0 Å². The molecule has 4 heteroatoms. The largest absolute Gasteiger partial charge is 0.508 e. The van der Waals surface area contributed by atoms with Gasteiger partial charge in [0.2, 0.25) is 0 Å². The third kappa shape index (κ3) is 2.13. The van der Waals surface area contributed by atoms with E-state index in [9.17, 15) is 9.90 Å². The summed E-state index contributed by atoms with van der Waals surface area (Å²) in [7, 11) is 0. The van der Waals surface area contributed by atoms with Crippen molar-refractivity contribution in [1.82, 2.24) is 10.3 Å². The molecule has 0 aliphatic heterocycles. The van der Waals surface area contributed by atoms with Gasteiger partial charge >= 0.3 is 0 Å². The number of rotatable bonds is 2. The highest BCUT2D eigenvalue weighted by atomic mass is 16.3. The van der Waals surface area contributed by atoms with E-state index in [1.807, 2.05) is 12.1 Å². The van der Waals surface area contributed by atoms with Crippen LogP contribution in [-0.4, -0.2) is 22.0 Å². The number of carbonyl (C=O) groups is 1. The van der Waals surface area contributed by atoms with Crippen molar-refractivity contribution < 1.29 is 9.90 Å². The number of carbonyl (C=O) groups excluding carboxylic acids is 1. The summed E-state index contributed by atoms with van der Waals surface area (Å²) in [5, 5.41) is 13.8. The summed E-state index contributed by atoms with van der Waals surface area (Å²) in [6.07, 6.45) is 1.65. The zero-order valence-corrected chi connectivity index (χ0v) is 12.0. The van der Waals surface area contributed by atoms with E-state index in [0.717, 1.165) is 18.4 Å². The molecular weight excluding hydrogens is 276 g/mol. The van der Waals surface area contributed by atoms with E-state index in [2.05, 4.69) is 22.4 Å². The summed E-state index contributed by atoms with van der Waals surface area (Å²) < 4.78 is 0. The normalized spacial score (nSPS) is 16.6. The van der Waals surface area contributed by atoms with Crippen LogP contribution in [0.2, 0.25) is 0 Å². The third-order valence-corrected chi connectivity index (χ3v) is 4.25. The smallest absolute Gasteiger partial charge is 0.251 e. The van der Waals surface area contributed by atoms with Gasteiger partial charge in [-0.25, -0.2) is 0 Å². The number of aromatic amines is 1. The van der Waals surface area contributed by atoms with Gasteiger partial charge in [-0.05, 0) is 36.2 Å². The van der Waals surface area contributed by atoms with Gasteiger partial charge in [0.05, 0.1) is 0 Å². The molecule has 2 aromatic carbocycles. The van der Waals surface area contributed by atoms with Crippen LogP contribution in [0.1, 0.15) is 21.6 Å². The Morgan fingerprint density at radius 2 is 2.00 bits per heavy atom. The van der Waals surface area contributed by atoms with Crippen LogP contribution in [0.3, 0.4) is 0 Å². The molecule has 110 valence electrons. The number of phenolic OH excluding ortho intramolecular Hbond substituents is 1. The highest BCUT2D eigenvalue weighted by Crippen LogP contribution is 2.30. The second kappa shape index (κ2) is 4.91. The van der Waals surface area contributed by atoms with Gasteiger partial charge in [0.25, 0.3) is 5.91 Å². The van der Waals surface area contributed by atoms with E-state index >= 15 is 0 Å². The van der Waals surface area contributed by atoms with Crippen LogP contribution in [-0.2, 0) is 12.8 Å². The predicted molar refractivity (Wildman–Crippen MR) is 85.1 cm³/mol. The number of H-pyrrole nitrogens is 1. The molecule has 22 heavy (non-hydrogen) atoms. The molecule has 4 rings (SSSR count). The molecule has 3 N–H and O–H groups in total. The Morgan fingerprint density at radius 1 is 1.14 bits per heavy atom. The maximum absolute atomic E-state index is 12.3. The number of hydrogen-bond acceptors (Lipinski definition) is 2. The Balaban J connectivity index is 1.53. The molecular formula is C18H16N2O2. The molecule has 0 saturated carbocycles. The van der Waals surface area contributed by atoms with Gasteiger partial charge in [0.1, 0.15) is 5.75 Å². The molecule has 1 aliphatic carbocycles. The zero-order chi connectivity index (χ0) is 15.1. The number of aromatic hydroxyl groups is 1. The first-order valence-corrected chi connectivity index (χ1v) is 7.39. The van der Waals surface area contributed by atoms with Gasteiger partial charge in [-0.3, -0.25) is 4.79 Å². The minimum Gasteiger partial charge on any atom is -0.508 e. The Kier molecular flexibility index (Phi) is 2.89. The highest BCUT2D eigenvalue weighted by molar-refractivity contribution is 5.95. The molecule has 1 atom stereocenters. The van der Waals surface area contributed by atoms with Gasteiger partial charge in [-0.2, -0.15) is 0 Å². The molecule has 1 unspecified atom stereocenters. The Labute approximate surface area is 127 Å². The summed E-state index contributed by atoms with van der Waals surface area (Å²) in [6.45, 7) is 0. The predicted octanol–water partition coefficient (Wildman–Crippen LogP) is 2.77. The number of benzene rings is 2. The third-order valence-electron chi connectivity index (χ3n) is 4.25. The second-order valence-corrected chi connectivity index (χ2v) is 5.76. The van der Waals surface area contributed by atoms with Crippen LogP contribution in [0.25, 0.3) is 10.9 Å². The van der Waals surface area contributed by atoms with Crippen molar-refractivity contribution in [3.63, 3.8) is 0 Å². The fraction of sp³-hybridized carbons (Fsp3) is 0.167. The van der Waals surface area contributed by atoms with Crippen LogP contribution >= 0.6 is 0 Å². The van der Waals surface area contributed by atoms with E-state index in [1.54, 1.807) is 18.2 Å². The van der Waals surface area contributed by atoms with Crippen LogP contribution < -0.4 is 5.32 Å². The fourth-order valence-corrected chi connectivity index (χ4v) is 3.25. The molecule has 1 aliphatic rings. The van der Waals surface area contributed by atoms with Crippen molar-refractivity contribution in [3.05, 3.63) is 65.4 Å². The number of aromatic nitrogens is 1. The first-order valence-electron chi connectivity index (χ1n) is 7.39. The van der Waals surface area contributed by atoms with Gasteiger partial charge in [0, 0.05) is 34.6 Å². The molecule has 3 aromatic rings. The number of amides is 1. The van der Waals surface area contributed by atoms with E-state index < -0.39 is 0 Å². The van der Waals surface area contributed by atoms with Gasteiger partial charge in [-0.15, -0.1) is 0 Å². The maximum atomic E-state index is 12.3. The summed E-state index contributed by atoms with van der Waals surface area (Å²) in [5.74, 6) is -0.0364. The van der Waals surface area contributed by atoms with Crippen molar-refractivity contribution in [3.8, 4) is 5.75 Å². The van der Waals surface area contributed by atoms with Crippen molar-refractivity contribution in [2.24, 2.45) is 0 Å². The fourth-order valence-electron chi connectivity index (χ4n) is 3.25. The number of fused-ring (bicyclic) bond motifs is 3. The Bertz CT molecular complexity index is 866. The van der Waals surface area contributed by atoms with Crippen molar-refractivity contribution in [2.45, 2.75) is 18.9 Å². The number of hydrogen-bond donors (Lipinski definition) is 3. The molecule has 0 spiro atoms. The Hall–Kier alpha value is -2.75. The van der Waals surface area contributed by atoms with E-state index in [4.69, 9.17) is 0 Å². The first kappa shape index (κ1) is 13.0. The van der Waals surface area contributed by atoms with Gasteiger partial charge < -0.3 is 15.4 Å². The SMILES string of the molecule is O=C(NC1Cc2[nH]c3ccccc3c2C1)c1cccc(O)c1. The minimum absolute atomic E-state index is 0.0979. The quantitative estimate of drug-likeness (QED) is 0.680. The number of para-hydroxylation sites is 1. The monoisotopic (exact) mass is 292 g/mol. The lowest BCUT2D eigenvalue weighted by atomic mass is 10.1. The lowest BCUT2D eigenvalue weighted by molar-refractivity contribution is 0.0938. The van der Waals surface area contributed by atoms with Gasteiger partial charge in [-0.1, -0.05) is 24.3 Å². The molecule has 0 radical (unpaired) electrons. The van der Waals surface area contributed by atoms with Crippen molar-refractivity contribution in [2.75, 3.05) is 0 Å². The summed E-state index contributed by atoms with van der Waals surface area (Å²) in [4.78, 5) is 15.7. The number of nitrogens with one attached hydrogen (secondary N) is 2. The van der Waals surface area contributed by atoms with E-state index in [0.29, 0.717) is 5.56 Å². The minimum atomic E-state index is -0.143. The standard InChI is InChI=1S/C18H16N2O2/c21-13-5-3-4-11(8-13)18(22)19-12-9-15-14-6-1-2-7-16(14)20-17(15)10-12/h1-8,12,20-21H,9-10H2,(H,19,22). The Morgan fingerprint density at radius 3 is 2.86 bits per heavy atom. The maximum Gasteiger partial charge on any atom is 0.251 e. The number of phenols is 1. The molecule has 1 heterocycles. The van der Waals surface area contributed by atoms with Crippen LogP contribution in [0.4, 0.5) is 0 Å². The second-order valence-electron chi connectivity index (χ2n) is 5.76. The molecule has 0 bridgehead atoms. The van der Waals surface area contributed by atoms with E-state index in [-0.39, 0.29) is 17.7 Å². The molecule has 4 nitrogen and oxygen atoms in total. The average Bonchev–Trinajstić information content (AvgIpc) is 3.04.